The highest BCUT2D eigenvalue weighted by Crippen LogP contribution is 2.25. The zero-order valence-corrected chi connectivity index (χ0v) is 14.9. The molecule has 0 bridgehead atoms. The third-order valence-electron chi connectivity index (χ3n) is 4.80. The number of halogens is 1. The Morgan fingerprint density at radius 1 is 1.16 bits per heavy atom. The molecule has 2 atom stereocenters. The van der Waals surface area contributed by atoms with Gasteiger partial charge in [0.25, 0.3) is 0 Å². The molecule has 0 spiro atoms. The molecule has 8 heteroatoms. The molecule has 3 rings (SSSR count). The second-order valence-corrected chi connectivity index (χ2v) is 8.41. The standard InChI is InChI=1S/C17H25FN2O4S/c18-14-11-13(5-6-17(14)24-12-7-9-23-10-8-12)25(21,22)20-16-4-2-1-3-15(16)19/h5-6,11-12,15-16,20H,1-4,7-10,19H2/t15-,16-/m1/s1. The van der Waals surface area contributed by atoms with Crippen molar-refractivity contribution in [2.75, 3.05) is 13.2 Å². The van der Waals surface area contributed by atoms with Gasteiger partial charge in [0.15, 0.2) is 11.6 Å². The molecule has 6 nitrogen and oxygen atoms in total. The molecule has 1 saturated heterocycles. The van der Waals surface area contributed by atoms with Crippen LogP contribution >= 0.6 is 0 Å². The van der Waals surface area contributed by atoms with Crippen molar-refractivity contribution in [1.82, 2.24) is 4.72 Å². The lowest BCUT2D eigenvalue weighted by molar-refractivity contribution is 0.0240. The maximum Gasteiger partial charge on any atom is 0.240 e. The van der Waals surface area contributed by atoms with E-state index in [1.807, 2.05) is 0 Å². The van der Waals surface area contributed by atoms with Crippen LogP contribution in [0.4, 0.5) is 4.39 Å². The summed E-state index contributed by atoms with van der Waals surface area (Å²) >= 11 is 0. The maximum atomic E-state index is 14.3. The Kier molecular flexibility index (Phi) is 5.93. The van der Waals surface area contributed by atoms with Gasteiger partial charge in [0.2, 0.25) is 10.0 Å². The second kappa shape index (κ2) is 7.99. The van der Waals surface area contributed by atoms with Crippen LogP contribution in [0.3, 0.4) is 0 Å². The van der Waals surface area contributed by atoms with E-state index in [-0.39, 0.29) is 28.8 Å². The molecule has 1 aromatic carbocycles. The average molecular weight is 372 g/mol. The summed E-state index contributed by atoms with van der Waals surface area (Å²) in [4.78, 5) is -0.109. The van der Waals surface area contributed by atoms with E-state index in [2.05, 4.69) is 4.72 Å². The van der Waals surface area contributed by atoms with Gasteiger partial charge in [-0.3, -0.25) is 0 Å². The van der Waals surface area contributed by atoms with Crippen LogP contribution < -0.4 is 15.2 Å². The van der Waals surface area contributed by atoms with Crippen molar-refractivity contribution in [2.24, 2.45) is 5.73 Å². The van der Waals surface area contributed by atoms with E-state index in [0.29, 0.717) is 32.5 Å². The van der Waals surface area contributed by atoms with Crippen LogP contribution in [0.5, 0.6) is 5.75 Å². The molecule has 1 saturated carbocycles. The summed E-state index contributed by atoms with van der Waals surface area (Å²) in [7, 11) is -3.81. The number of benzene rings is 1. The van der Waals surface area contributed by atoms with Crippen molar-refractivity contribution in [2.45, 2.75) is 61.6 Å². The Bertz CT molecular complexity index is 692. The van der Waals surface area contributed by atoms with E-state index in [1.165, 1.54) is 12.1 Å². The molecule has 3 N–H and O–H groups in total. The van der Waals surface area contributed by atoms with Gasteiger partial charge >= 0.3 is 0 Å². The molecule has 1 heterocycles. The van der Waals surface area contributed by atoms with E-state index in [9.17, 15) is 12.8 Å². The predicted octanol–water partition coefficient (Wildman–Crippen LogP) is 1.93. The number of hydrogen-bond donors (Lipinski definition) is 2. The fourth-order valence-electron chi connectivity index (χ4n) is 3.29. The molecule has 0 unspecified atom stereocenters. The molecule has 25 heavy (non-hydrogen) atoms. The number of hydrogen-bond acceptors (Lipinski definition) is 5. The number of ether oxygens (including phenoxy) is 2. The minimum absolute atomic E-state index is 0.0696. The van der Waals surface area contributed by atoms with Crippen molar-refractivity contribution in [3.8, 4) is 5.75 Å². The fraction of sp³-hybridized carbons (Fsp3) is 0.647. The summed E-state index contributed by atoms with van der Waals surface area (Å²) in [5, 5.41) is 0. The number of rotatable bonds is 5. The van der Waals surface area contributed by atoms with E-state index in [0.717, 1.165) is 25.3 Å². The highest BCUT2D eigenvalue weighted by atomic mass is 32.2. The molecule has 0 radical (unpaired) electrons. The monoisotopic (exact) mass is 372 g/mol. The minimum atomic E-state index is -3.81. The summed E-state index contributed by atoms with van der Waals surface area (Å²) in [5.41, 5.74) is 5.99. The van der Waals surface area contributed by atoms with Crippen molar-refractivity contribution in [1.29, 1.82) is 0 Å². The Balaban J connectivity index is 1.70. The van der Waals surface area contributed by atoms with Crippen LogP contribution in [0.25, 0.3) is 0 Å². The van der Waals surface area contributed by atoms with Gasteiger partial charge in [-0.05, 0) is 31.0 Å². The fourth-order valence-corrected chi connectivity index (χ4v) is 4.62. The largest absolute Gasteiger partial charge is 0.487 e. The molecule has 2 aliphatic rings. The van der Waals surface area contributed by atoms with Crippen LogP contribution in [0.1, 0.15) is 38.5 Å². The van der Waals surface area contributed by atoms with Crippen LogP contribution in [0.15, 0.2) is 23.1 Å². The van der Waals surface area contributed by atoms with Crippen LogP contribution in [-0.2, 0) is 14.8 Å². The highest BCUT2D eigenvalue weighted by Gasteiger charge is 2.28. The van der Waals surface area contributed by atoms with Crippen molar-refractivity contribution >= 4 is 10.0 Å². The number of nitrogens with two attached hydrogens (primary N) is 1. The van der Waals surface area contributed by atoms with Gasteiger partial charge < -0.3 is 15.2 Å². The summed E-state index contributed by atoms with van der Waals surface area (Å²) in [6.07, 6.45) is 4.72. The topological polar surface area (TPSA) is 90.7 Å². The third kappa shape index (κ3) is 4.69. The molecule has 1 aromatic rings. The first kappa shape index (κ1) is 18.6. The lowest BCUT2D eigenvalue weighted by Crippen LogP contribution is -2.49. The van der Waals surface area contributed by atoms with Gasteiger partial charge in [-0.1, -0.05) is 12.8 Å². The van der Waals surface area contributed by atoms with Crippen molar-refractivity contribution < 1.29 is 22.3 Å². The summed E-state index contributed by atoms with van der Waals surface area (Å²) in [5.74, 6) is -0.609. The predicted molar refractivity (Wildman–Crippen MR) is 91.4 cm³/mol. The van der Waals surface area contributed by atoms with Crippen LogP contribution in [0.2, 0.25) is 0 Å². The SMILES string of the molecule is N[C@@H]1CCCC[C@H]1NS(=O)(=O)c1ccc(OC2CCOCC2)c(F)c1. The first-order valence-corrected chi connectivity index (χ1v) is 10.3. The molecule has 0 aromatic heterocycles. The minimum Gasteiger partial charge on any atom is -0.487 e. The second-order valence-electron chi connectivity index (χ2n) is 6.70. The zero-order chi connectivity index (χ0) is 17.9. The number of sulfonamides is 1. The molecule has 0 amide bonds. The zero-order valence-electron chi connectivity index (χ0n) is 14.1. The lowest BCUT2D eigenvalue weighted by Gasteiger charge is -2.29. The third-order valence-corrected chi connectivity index (χ3v) is 6.29. The quantitative estimate of drug-likeness (QED) is 0.824. The normalized spacial score (nSPS) is 25.7. The van der Waals surface area contributed by atoms with Crippen LogP contribution in [0, 0.1) is 5.82 Å². The van der Waals surface area contributed by atoms with Gasteiger partial charge in [0.05, 0.1) is 18.1 Å². The van der Waals surface area contributed by atoms with Gasteiger partial charge in [-0.15, -0.1) is 0 Å². The first-order valence-electron chi connectivity index (χ1n) is 8.77. The summed E-state index contributed by atoms with van der Waals surface area (Å²) in [6, 6.07) is 3.24. The van der Waals surface area contributed by atoms with Gasteiger partial charge in [0, 0.05) is 24.9 Å². The average Bonchev–Trinajstić information content (AvgIpc) is 2.59. The molecule has 2 fully saturated rings. The molecule has 140 valence electrons. The Hall–Kier alpha value is -1.22. The van der Waals surface area contributed by atoms with Crippen molar-refractivity contribution in [3.63, 3.8) is 0 Å². The molecule has 1 aliphatic heterocycles. The maximum absolute atomic E-state index is 14.3. The van der Waals surface area contributed by atoms with Gasteiger partial charge in [0.1, 0.15) is 6.10 Å². The molecular formula is C17H25FN2O4S. The van der Waals surface area contributed by atoms with E-state index < -0.39 is 15.8 Å². The highest BCUT2D eigenvalue weighted by molar-refractivity contribution is 7.89. The summed E-state index contributed by atoms with van der Waals surface area (Å²) < 4.78 is 52.8. The summed E-state index contributed by atoms with van der Waals surface area (Å²) in [6.45, 7) is 1.18. The Labute approximate surface area is 147 Å². The van der Waals surface area contributed by atoms with E-state index in [4.69, 9.17) is 15.2 Å². The Morgan fingerprint density at radius 2 is 1.88 bits per heavy atom. The number of nitrogens with one attached hydrogen (secondary N) is 1. The molecule has 1 aliphatic carbocycles. The smallest absolute Gasteiger partial charge is 0.240 e. The molecular weight excluding hydrogens is 347 g/mol. The van der Waals surface area contributed by atoms with Gasteiger partial charge in [-0.25, -0.2) is 17.5 Å². The van der Waals surface area contributed by atoms with E-state index >= 15 is 0 Å². The first-order chi connectivity index (χ1) is 12.0. The Morgan fingerprint density at radius 3 is 2.56 bits per heavy atom. The van der Waals surface area contributed by atoms with E-state index in [1.54, 1.807) is 0 Å². The van der Waals surface area contributed by atoms with Crippen molar-refractivity contribution in [3.05, 3.63) is 24.0 Å². The lowest BCUT2D eigenvalue weighted by atomic mass is 9.92. The van der Waals surface area contributed by atoms with Gasteiger partial charge in [-0.2, -0.15) is 0 Å². The van der Waals surface area contributed by atoms with Crippen LogP contribution in [-0.4, -0.2) is 39.8 Å².